The Balaban J connectivity index is 1.00. The Morgan fingerprint density at radius 3 is 1.70 bits per heavy atom. The number of imidazole rings is 1. The molecule has 7 aromatic rings. The number of nitrogens with zero attached hydrogens (tertiary/aromatic N) is 5. The van der Waals surface area contributed by atoms with Gasteiger partial charge in [0, 0.05) is 93.9 Å². The highest BCUT2D eigenvalue weighted by Gasteiger charge is 2.38. The zero-order chi connectivity index (χ0) is 89.8. The number of aromatic amines is 1. The summed E-state index contributed by atoms with van der Waals surface area (Å²) in [6, 6.07) is 14.4. The van der Waals surface area contributed by atoms with E-state index in [4.69, 9.17) is 43.8 Å². The van der Waals surface area contributed by atoms with E-state index in [0.29, 0.717) is 71.8 Å². The minimum atomic E-state index is -1.60. The predicted molar refractivity (Wildman–Crippen MR) is 464 cm³/mol. The van der Waals surface area contributed by atoms with E-state index >= 15 is 4.79 Å². The highest BCUT2D eigenvalue weighted by atomic mass is 32.2. The molecule has 0 aliphatic rings. The third-order valence-corrected chi connectivity index (χ3v) is 21.9. The van der Waals surface area contributed by atoms with E-state index in [1.54, 1.807) is 76.6 Å². The summed E-state index contributed by atoms with van der Waals surface area (Å²) in [6.45, 7) is 11.8. The van der Waals surface area contributed by atoms with Gasteiger partial charge in [0.2, 0.25) is 76.8 Å². The van der Waals surface area contributed by atoms with Crippen molar-refractivity contribution in [3.8, 4) is 11.8 Å². The van der Waals surface area contributed by atoms with Crippen LogP contribution in [0.25, 0.3) is 22.1 Å². The van der Waals surface area contributed by atoms with Gasteiger partial charge in [-0.05, 0) is 106 Å². The number of H-pyrrole nitrogens is 1. The number of guanidine groups is 1. The smallest absolute Gasteiger partial charge is 0.307 e. The van der Waals surface area contributed by atoms with Crippen molar-refractivity contribution in [1.29, 1.82) is 5.41 Å². The Morgan fingerprint density at radius 1 is 0.585 bits per heavy atom. The van der Waals surface area contributed by atoms with Crippen LogP contribution in [0.1, 0.15) is 148 Å². The fourth-order valence-corrected chi connectivity index (χ4v) is 14.2. The predicted octanol–water partition coefficient (Wildman–Crippen LogP) is 1.69. The lowest BCUT2D eigenvalue weighted by molar-refractivity contribution is -0.144. The molecule has 4 heterocycles. The average Bonchev–Trinajstić information content (AvgIpc) is 1.65. The van der Waals surface area contributed by atoms with E-state index in [1.807, 2.05) is 66.9 Å². The number of hydrogen-bond donors (Lipinski definition) is 21. The molecule has 0 bridgehead atoms. The zero-order valence-electron chi connectivity index (χ0n) is 70.5. The Bertz CT molecular complexity index is 4720. The number of aromatic hydroxyl groups is 2. The number of carbonyl (C=O) groups excluding carboxylic acids is 12. The van der Waals surface area contributed by atoms with Crippen molar-refractivity contribution in [1.82, 2.24) is 82.2 Å². The van der Waals surface area contributed by atoms with Gasteiger partial charge in [-0.15, -0.1) is 11.8 Å². The molecular formula is C83H120N24O15S. The molecule has 123 heavy (non-hydrogen) atoms. The lowest BCUT2D eigenvalue weighted by atomic mass is 9.95. The maximum absolute atomic E-state index is 15.1. The second-order valence-corrected chi connectivity index (χ2v) is 31.5. The van der Waals surface area contributed by atoms with Crippen LogP contribution in [0, 0.1) is 17.2 Å². The third-order valence-electron chi connectivity index (χ3n) is 20.8. The zero-order valence-corrected chi connectivity index (χ0v) is 71.3. The fourth-order valence-electron chi connectivity index (χ4n) is 13.3. The standard InChI is InChI=1S/C83H120N24O15S/c1-8-48(5)67(79(119)99-56(28-18-19-35-84)75(115)102-68(49(6)9-2)80(120)101-61(41-52-44-93-55-27-17-16-26-53(52)55)78(118)100-60(40-50-22-12-10-13-23-50)77(117)97-58(73(113)90-7)30-32-63(86)108)103-76(116)59(31-33-64(87)109)98-74(114)57(29-20-36-91-82(88)89)96-72(112)54(85)45-123-62-42-65(110)106(81(62)121)38-34-66(111)122-39-21-37-92-83-104-70(94-43-51-24-14-11-15-25-51)69-71(105-83)107(46-95-69)47(3)4/h10-17,22-27,42,44,46-49,54,56-61,67-68,93,110,121H,8-9,18-21,28-41,43,45,84-85H2,1-7H3,(H2,86,108)(H2,87,109)(H,90,113)(H,96,112)(H,97,117)(H,98,114)(H,99,119)(H,100,118)(H,101,120)(H,102,115)(H,103,116)(H4,88,89,91)(H2,92,94,104,105)/t48?,49?,54-,56-,57-,58-,59-,60-,61-,67-,68-/m0/s1. The summed E-state index contributed by atoms with van der Waals surface area (Å²) in [4.78, 5) is 185. The van der Waals surface area contributed by atoms with Crippen molar-refractivity contribution in [2.75, 3.05) is 49.7 Å². The van der Waals surface area contributed by atoms with Crippen LogP contribution in [0.2, 0.25) is 0 Å². The number of esters is 1. The van der Waals surface area contributed by atoms with Gasteiger partial charge in [0.25, 0.3) is 0 Å². The van der Waals surface area contributed by atoms with Crippen LogP contribution in [0.3, 0.4) is 0 Å². The average molecular weight is 1730 g/mol. The van der Waals surface area contributed by atoms with E-state index in [9.17, 15) is 63.0 Å². The van der Waals surface area contributed by atoms with Gasteiger partial charge in [-0.2, -0.15) is 9.97 Å². The summed E-state index contributed by atoms with van der Waals surface area (Å²) in [5.74, 6) is -11.6. The molecule has 0 saturated carbocycles. The molecule has 11 amide bonds. The minimum absolute atomic E-state index is 0.0218. The quantitative estimate of drug-likeness (QED) is 0.00848. The fraction of sp³-hybridized carbons (Fsp3) is 0.494. The number of primary amides is 2. The van der Waals surface area contributed by atoms with Gasteiger partial charge in [-0.25, -0.2) is 4.98 Å². The van der Waals surface area contributed by atoms with E-state index < -0.39 is 162 Å². The van der Waals surface area contributed by atoms with Crippen LogP contribution in [-0.4, -0.2) is 210 Å². The van der Waals surface area contributed by atoms with Crippen LogP contribution in [-0.2, 0) is 88.2 Å². The number of para-hydroxylation sites is 1. The number of hydrogen-bond acceptors (Lipinski definition) is 24. The summed E-state index contributed by atoms with van der Waals surface area (Å²) in [7, 11) is 1.35. The third kappa shape index (κ3) is 30.5. The second kappa shape index (κ2) is 49.4. The number of amides is 11. The van der Waals surface area contributed by atoms with Gasteiger partial charge in [0.05, 0.1) is 30.3 Å². The minimum Gasteiger partial charge on any atom is -0.494 e. The van der Waals surface area contributed by atoms with Crippen molar-refractivity contribution in [2.45, 2.75) is 216 Å². The highest BCUT2D eigenvalue weighted by Crippen LogP contribution is 2.36. The molecule has 11 atom stereocenters. The molecule has 7 rings (SSSR count). The SMILES string of the molecule is CCC(C)[C@H](NC(=O)[C@H](CCCCN)NC(=O)[C@@H](NC(=O)[C@H](CCC(N)=O)NC(=O)[C@H](CCCNC(=N)N)NC(=O)[C@@H](N)CSc1cc(O)n(CCC(=O)OCCCNc2nc(NCc3ccccc3)c3ncn(C(C)C)c3n2)c1O)C(C)CC)C(=O)N[C@@H](Cc1c[nH]c2ccccc12)C(=O)N[C@@H](Cc1ccccc1)C(=O)N[C@@H](CCC(N)=O)C(=O)NC. The summed E-state index contributed by atoms with van der Waals surface area (Å²) >= 11 is 0.878. The summed E-state index contributed by atoms with van der Waals surface area (Å²) in [5.41, 5.74) is 33.1. The topological polar surface area (TPSA) is 617 Å². The number of aromatic nitrogens is 6. The molecule has 0 radical (unpaired) electrons. The molecule has 0 saturated heterocycles. The number of rotatable bonds is 54. The monoisotopic (exact) mass is 1720 g/mol. The van der Waals surface area contributed by atoms with Crippen LogP contribution in [0.4, 0.5) is 11.8 Å². The first kappa shape index (κ1) is 97.5. The lowest BCUT2D eigenvalue weighted by Gasteiger charge is -2.31. The molecule has 0 aliphatic heterocycles. The van der Waals surface area contributed by atoms with Crippen molar-refractivity contribution in [3.63, 3.8) is 0 Å². The number of benzene rings is 3. The van der Waals surface area contributed by atoms with Crippen molar-refractivity contribution < 1.29 is 72.5 Å². The highest BCUT2D eigenvalue weighted by molar-refractivity contribution is 7.99. The molecule has 0 fully saturated rings. The van der Waals surface area contributed by atoms with Crippen LogP contribution in [0.5, 0.6) is 11.8 Å². The lowest BCUT2D eigenvalue weighted by Crippen LogP contribution is -2.62. The number of nitrogens with two attached hydrogens (primary N) is 5. The normalized spacial score (nSPS) is 14.0. The maximum Gasteiger partial charge on any atom is 0.307 e. The van der Waals surface area contributed by atoms with E-state index in [1.165, 1.54) is 13.1 Å². The largest absolute Gasteiger partial charge is 0.494 e. The number of nitrogens with one attached hydrogen (secondary N) is 14. The first-order valence-corrected chi connectivity index (χ1v) is 42.3. The molecule has 26 N–H and O–H groups in total. The van der Waals surface area contributed by atoms with Crippen LogP contribution < -0.4 is 92.5 Å². The number of likely N-dealkylation sites (N-methyl/N-ethyl adjacent to an activating group) is 1. The first-order chi connectivity index (χ1) is 58.8. The molecule has 0 aliphatic carbocycles. The van der Waals surface area contributed by atoms with Gasteiger partial charge in [0.15, 0.2) is 28.8 Å². The number of ether oxygens (including phenoxy) is 1. The summed E-state index contributed by atoms with van der Waals surface area (Å²) in [6.07, 6.45) is 3.20. The van der Waals surface area contributed by atoms with E-state index in [-0.39, 0.29) is 113 Å². The Morgan fingerprint density at radius 2 is 1.11 bits per heavy atom. The molecule has 2 unspecified atom stereocenters. The van der Waals surface area contributed by atoms with E-state index in [2.05, 4.69) is 78.8 Å². The van der Waals surface area contributed by atoms with E-state index in [0.717, 1.165) is 27.4 Å². The van der Waals surface area contributed by atoms with Crippen LogP contribution in [0.15, 0.2) is 108 Å². The number of carbonyl (C=O) groups is 12. The molecule has 4 aromatic heterocycles. The van der Waals surface area contributed by atoms with Crippen molar-refractivity contribution >= 4 is 123 Å². The number of anilines is 2. The van der Waals surface area contributed by atoms with Crippen LogP contribution >= 0.6 is 11.8 Å². The number of thioether (sulfide) groups is 1. The molecule has 40 heteroatoms. The van der Waals surface area contributed by atoms with Crippen molar-refractivity contribution in [2.24, 2.45) is 40.5 Å². The Labute approximate surface area is 717 Å². The number of fused-ring (bicyclic) bond motifs is 2. The summed E-state index contributed by atoms with van der Waals surface area (Å²) in [5, 5.41) is 64.0. The number of unbranched alkanes of at least 4 members (excludes halogenated alkanes) is 1. The molecule has 0 spiro atoms. The Kier molecular flexibility index (Phi) is 39.1. The maximum atomic E-state index is 15.1. The Hall–Kier alpha value is -12.6. The van der Waals surface area contributed by atoms with Crippen molar-refractivity contribution in [3.05, 3.63) is 120 Å². The molecular weight excluding hydrogens is 1610 g/mol. The first-order valence-electron chi connectivity index (χ1n) is 41.3. The molecule has 668 valence electrons. The van der Waals surface area contributed by atoms with Gasteiger partial charge in [-0.3, -0.25) is 67.5 Å². The summed E-state index contributed by atoms with van der Waals surface area (Å²) < 4.78 is 8.48. The second-order valence-electron chi connectivity index (χ2n) is 30.4. The molecule has 39 nitrogen and oxygen atoms in total. The van der Waals surface area contributed by atoms with Gasteiger partial charge >= 0.3 is 5.97 Å². The molecule has 3 aromatic carbocycles. The van der Waals surface area contributed by atoms with Gasteiger partial charge in [-0.1, -0.05) is 119 Å². The van der Waals surface area contributed by atoms with Gasteiger partial charge in [0.1, 0.15) is 48.3 Å². The van der Waals surface area contributed by atoms with Gasteiger partial charge < -0.3 is 117 Å².